The van der Waals surface area contributed by atoms with E-state index < -0.39 is 5.97 Å². The van der Waals surface area contributed by atoms with Crippen LogP contribution in [0, 0.1) is 0 Å². The monoisotopic (exact) mass is 273 g/mol. The molecule has 0 aliphatic heterocycles. The Bertz CT molecular complexity index is 590. The molecule has 2 N–H and O–H groups in total. The molecule has 5 nitrogen and oxygen atoms in total. The molecule has 0 unspecified atom stereocenters. The van der Waals surface area contributed by atoms with Crippen LogP contribution in [0.25, 0.3) is 0 Å². The van der Waals surface area contributed by atoms with Crippen molar-refractivity contribution in [3.63, 3.8) is 0 Å². The van der Waals surface area contributed by atoms with Gasteiger partial charge in [-0.2, -0.15) is 0 Å². The Morgan fingerprint density at radius 3 is 2.65 bits per heavy atom. The Morgan fingerprint density at radius 1 is 1.15 bits per heavy atom. The molecule has 2 rings (SSSR count). The van der Waals surface area contributed by atoms with Crippen LogP contribution >= 0.6 is 0 Å². The summed E-state index contributed by atoms with van der Waals surface area (Å²) in [4.78, 5) is 22.8. The Balaban J connectivity index is 1.87. The molecule has 1 heterocycles. The van der Waals surface area contributed by atoms with Gasteiger partial charge < -0.3 is 14.8 Å². The third kappa shape index (κ3) is 3.71. The highest BCUT2D eigenvalue weighted by molar-refractivity contribution is 5.91. The SMILES string of the molecule is O=C(Cc1ccccc1C(=O)O)NCCc1ccco1. The molecule has 1 aromatic carbocycles. The van der Waals surface area contributed by atoms with Gasteiger partial charge in [0.25, 0.3) is 0 Å². The first kappa shape index (κ1) is 13.9. The number of carbonyl (C=O) groups is 2. The Kier molecular flexibility index (Phi) is 4.55. The number of carboxylic acid groups (broad SMARTS) is 1. The van der Waals surface area contributed by atoms with Crippen LogP contribution in [-0.2, 0) is 17.6 Å². The van der Waals surface area contributed by atoms with E-state index in [0.29, 0.717) is 18.5 Å². The first-order chi connectivity index (χ1) is 9.66. The fourth-order valence-corrected chi connectivity index (χ4v) is 1.90. The number of amides is 1. The molecule has 0 radical (unpaired) electrons. The van der Waals surface area contributed by atoms with Crippen molar-refractivity contribution in [2.24, 2.45) is 0 Å². The summed E-state index contributed by atoms with van der Waals surface area (Å²) in [6, 6.07) is 10.1. The molecule has 0 fully saturated rings. The number of carboxylic acids is 1. The summed E-state index contributed by atoms with van der Waals surface area (Å²) < 4.78 is 5.16. The van der Waals surface area contributed by atoms with E-state index in [-0.39, 0.29) is 17.9 Å². The third-order valence-electron chi connectivity index (χ3n) is 2.87. The third-order valence-corrected chi connectivity index (χ3v) is 2.87. The normalized spacial score (nSPS) is 10.2. The van der Waals surface area contributed by atoms with Crippen molar-refractivity contribution in [2.75, 3.05) is 6.54 Å². The Labute approximate surface area is 116 Å². The van der Waals surface area contributed by atoms with Crippen LogP contribution in [-0.4, -0.2) is 23.5 Å². The van der Waals surface area contributed by atoms with E-state index in [9.17, 15) is 9.59 Å². The fourth-order valence-electron chi connectivity index (χ4n) is 1.90. The summed E-state index contributed by atoms with van der Waals surface area (Å²) in [5, 5.41) is 11.8. The topological polar surface area (TPSA) is 79.5 Å². The van der Waals surface area contributed by atoms with Crippen molar-refractivity contribution in [1.82, 2.24) is 5.32 Å². The molecule has 20 heavy (non-hydrogen) atoms. The minimum atomic E-state index is -1.02. The van der Waals surface area contributed by atoms with Crippen LogP contribution in [0.3, 0.4) is 0 Å². The van der Waals surface area contributed by atoms with Gasteiger partial charge in [0, 0.05) is 13.0 Å². The molecule has 1 amide bonds. The lowest BCUT2D eigenvalue weighted by atomic mass is 10.0. The second-order valence-electron chi connectivity index (χ2n) is 4.32. The quantitative estimate of drug-likeness (QED) is 0.842. The summed E-state index contributed by atoms with van der Waals surface area (Å²) in [6.07, 6.45) is 2.25. The van der Waals surface area contributed by atoms with E-state index in [0.717, 1.165) is 5.76 Å². The van der Waals surface area contributed by atoms with Gasteiger partial charge in [-0.1, -0.05) is 18.2 Å². The number of nitrogens with one attached hydrogen (secondary N) is 1. The molecular weight excluding hydrogens is 258 g/mol. The first-order valence-corrected chi connectivity index (χ1v) is 6.27. The molecule has 1 aromatic heterocycles. The van der Waals surface area contributed by atoms with Crippen molar-refractivity contribution in [3.05, 3.63) is 59.5 Å². The number of carbonyl (C=O) groups excluding carboxylic acids is 1. The first-order valence-electron chi connectivity index (χ1n) is 6.27. The Hall–Kier alpha value is -2.56. The standard InChI is InChI=1S/C15H15NO4/c17-14(16-8-7-12-5-3-9-20-12)10-11-4-1-2-6-13(11)15(18)19/h1-6,9H,7-8,10H2,(H,16,17)(H,18,19). The zero-order valence-electron chi connectivity index (χ0n) is 10.8. The molecule has 0 aliphatic carbocycles. The molecule has 0 saturated carbocycles. The average Bonchev–Trinajstić information content (AvgIpc) is 2.92. The van der Waals surface area contributed by atoms with Crippen molar-refractivity contribution in [1.29, 1.82) is 0 Å². The van der Waals surface area contributed by atoms with E-state index in [4.69, 9.17) is 9.52 Å². The lowest BCUT2D eigenvalue weighted by Crippen LogP contribution is -2.27. The molecule has 2 aromatic rings. The van der Waals surface area contributed by atoms with Crippen LogP contribution in [0.1, 0.15) is 21.7 Å². The van der Waals surface area contributed by atoms with E-state index in [1.54, 1.807) is 30.5 Å². The van der Waals surface area contributed by atoms with Crippen LogP contribution in [0.5, 0.6) is 0 Å². The van der Waals surface area contributed by atoms with Crippen molar-refractivity contribution in [3.8, 4) is 0 Å². The smallest absolute Gasteiger partial charge is 0.335 e. The number of benzene rings is 1. The molecule has 0 spiro atoms. The van der Waals surface area contributed by atoms with Crippen molar-refractivity contribution < 1.29 is 19.1 Å². The molecular formula is C15H15NO4. The summed E-state index contributed by atoms with van der Waals surface area (Å²) in [5.41, 5.74) is 0.671. The molecule has 0 aliphatic rings. The zero-order chi connectivity index (χ0) is 14.4. The van der Waals surface area contributed by atoms with Crippen LogP contribution < -0.4 is 5.32 Å². The van der Waals surface area contributed by atoms with Gasteiger partial charge in [0.1, 0.15) is 5.76 Å². The average molecular weight is 273 g/mol. The lowest BCUT2D eigenvalue weighted by molar-refractivity contribution is -0.120. The van der Waals surface area contributed by atoms with Gasteiger partial charge >= 0.3 is 5.97 Å². The van der Waals surface area contributed by atoms with Crippen molar-refractivity contribution >= 4 is 11.9 Å². The summed E-state index contributed by atoms with van der Waals surface area (Å²) >= 11 is 0. The van der Waals surface area contributed by atoms with Gasteiger partial charge in [0.15, 0.2) is 0 Å². The van der Waals surface area contributed by atoms with E-state index >= 15 is 0 Å². The van der Waals surface area contributed by atoms with Crippen molar-refractivity contribution in [2.45, 2.75) is 12.8 Å². The highest BCUT2D eigenvalue weighted by Crippen LogP contribution is 2.09. The van der Waals surface area contributed by atoms with E-state index in [2.05, 4.69) is 5.32 Å². The highest BCUT2D eigenvalue weighted by atomic mass is 16.4. The number of furan rings is 1. The Morgan fingerprint density at radius 2 is 1.95 bits per heavy atom. The lowest BCUT2D eigenvalue weighted by Gasteiger charge is -2.06. The maximum absolute atomic E-state index is 11.8. The summed E-state index contributed by atoms with van der Waals surface area (Å²) in [7, 11) is 0. The van der Waals surface area contributed by atoms with Crippen LogP contribution in [0.2, 0.25) is 0 Å². The largest absolute Gasteiger partial charge is 0.478 e. The number of hydrogen-bond donors (Lipinski definition) is 2. The fraction of sp³-hybridized carbons (Fsp3) is 0.200. The minimum Gasteiger partial charge on any atom is -0.478 e. The second kappa shape index (κ2) is 6.56. The molecule has 5 heteroatoms. The number of aromatic carboxylic acids is 1. The van der Waals surface area contributed by atoms with Gasteiger partial charge in [-0.05, 0) is 23.8 Å². The van der Waals surface area contributed by atoms with Gasteiger partial charge in [0.2, 0.25) is 5.91 Å². The van der Waals surface area contributed by atoms with Gasteiger partial charge in [-0.15, -0.1) is 0 Å². The van der Waals surface area contributed by atoms with Crippen LogP contribution in [0.15, 0.2) is 47.1 Å². The second-order valence-corrected chi connectivity index (χ2v) is 4.32. The molecule has 104 valence electrons. The van der Waals surface area contributed by atoms with Gasteiger partial charge in [-0.25, -0.2) is 4.79 Å². The predicted octanol–water partition coefficient (Wildman–Crippen LogP) is 1.88. The zero-order valence-corrected chi connectivity index (χ0v) is 10.8. The van der Waals surface area contributed by atoms with Gasteiger partial charge in [0.05, 0.1) is 18.2 Å². The minimum absolute atomic E-state index is 0.0562. The van der Waals surface area contributed by atoms with Crippen LogP contribution in [0.4, 0.5) is 0 Å². The van der Waals surface area contributed by atoms with Gasteiger partial charge in [-0.3, -0.25) is 4.79 Å². The van der Waals surface area contributed by atoms with E-state index in [1.807, 2.05) is 6.07 Å². The maximum atomic E-state index is 11.8. The van der Waals surface area contributed by atoms with E-state index in [1.165, 1.54) is 6.07 Å². The molecule has 0 atom stereocenters. The molecule has 0 saturated heterocycles. The summed E-state index contributed by atoms with van der Waals surface area (Å²) in [5.74, 6) is -0.425. The summed E-state index contributed by atoms with van der Waals surface area (Å²) in [6.45, 7) is 0.460. The maximum Gasteiger partial charge on any atom is 0.335 e. The molecule has 0 bridgehead atoms. The highest BCUT2D eigenvalue weighted by Gasteiger charge is 2.12. The number of rotatable bonds is 6. The predicted molar refractivity (Wildman–Crippen MR) is 72.5 cm³/mol. The number of hydrogen-bond acceptors (Lipinski definition) is 3.